The highest BCUT2D eigenvalue weighted by atomic mass is 19.1. The quantitative estimate of drug-likeness (QED) is 0.639. The number of hydrogen-bond donors (Lipinski definition) is 2. The van der Waals surface area contributed by atoms with E-state index in [0.29, 0.717) is 11.5 Å². The number of nitrogen functional groups attached to an aromatic ring is 1. The van der Waals surface area contributed by atoms with Crippen LogP contribution in [0.1, 0.15) is 5.69 Å². The number of benzene rings is 1. The zero-order chi connectivity index (χ0) is 13.0. The highest BCUT2D eigenvalue weighted by molar-refractivity contribution is 5.29. The fraction of sp³-hybridized carbons (Fsp3) is 0.0909. The van der Waals surface area contributed by atoms with Gasteiger partial charge in [-0.3, -0.25) is 4.98 Å². The lowest BCUT2D eigenvalue weighted by atomic mass is 10.3. The van der Waals surface area contributed by atoms with Gasteiger partial charge in [0.05, 0.1) is 18.1 Å². The molecule has 0 aliphatic rings. The minimum absolute atomic E-state index is 0.0157. The van der Waals surface area contributed by atoms with Crippen molar-refractivity contribution in [2.45, 2.75) is 6.61 Å². The number of ether oxygens (including phenoxy) is 1. The largest absolute Gasteiger partial charge is 0.484 e. The van der Waals surface area contributed by atoms with Crippen LogP contribution in [0.3, 0.4) is 0 Å². The molecule has 18 heavy (non-hydrogen) atoms. The highest BCUT2D eigenvalue weighted by Gasteiger charge is 2.06. The first-order valence-electron chi connectivity index (χ1n) is 5.04. The summed E-state index contributed by atoms with van der Waals surface area (Å²) in [7, 11) is 0. The van der Waals surface area contributed by atoms with Crippen LogP contribution in [0.5, 0.6) is 5.75 Å². The molecule has 0 unspecified atom stereocenters. The SMILES string of the molecule is NNc1cnc(COc2cc(F)ccc2F)cn1. The summed E-state index contributed by atoms with van der Waals surface area (Å²) in [6.45, 7) is -0.0157. The lowest BCUT2D eigenvalue weighted by molar-refractivity contribution is 0.283. The number of hydrogen-bond acceptors (Lipinski definition) is 5. The van der Waals surface area contributed by atoms with E-state index in [9.17, 15) is 8.78 Å². The standard InChI is InChI=1S/C11H10F2N4O/c12-7-1-2-9(13)10(3-7)18-6-8-4-16-11(17-14)5-15-8/h1-5H,6,14H2,(H,16,17). The van der Waals surface area contributed by atoms with E-state index < -0.39 is 11.6 Å². The number of anilines is 1. The topological polar surface area (TPSA) is 73.1 Å². The fourth-order valence-corrected chi connectivity index (χ4v) is 1.24. The van der Waals surface area contributed by atoms with Crippen LogP contribution in [0.25, 0.3) is 0 Å². The van der Waals surface area contributed by atoms with Crippen molar-refractivity contribution in [3.63, 3.8) is 0 Å². The van der Waals surface area contributed by atoms with Crippen LogP contribution in [0.15, 0.2) is 30.6 Å². The minimum Gasteiger partial charge on any atom is -0.484 e. The summed E-state index contributed by atoms with van der Waals surface area (Å²) in [4.78, 5) is 7.87. The first-order valence-corrected chi connectivity index (χ1v) is 5.04. The fourth-order valence-electron chi connectivity index (χ4n) is 1.24. The third kappa shape index (κ3) is 2.89. The summed E-state index contributed by atoms with van der Waals surface area (Å²) in [6, 6.07) is 2.99. The van der Waals surface area contributed by atoms with E-state index in [1.165, 1.54) is 12.4 Å². The monoisotopic (exact) mass is 252 g/mol. The van der Waals surface area contributed by atoms with Crippen LogP contribution in [0.2, 0.25) is 0 Å². The highest BCUT2D eigenvalue weighted by Crippen LogP contribution is 2.18. The number of nitrogens with zero attached hydrogens (tertiary/aromatic N) is 2. The lowest BCUT2D eigenvalue weighted by Gasteiger charge is -2.07. The van der Waals surface area contributed by atoms with Crippen molar-refractivity contribution in [2.75, 3.05) is 5.43 Å². The van der Waals surface area contributed by atoms with Crippen LogP contribution < -0.4 is 16.0 Å². The first-order chi connectivity index (χ1) is 8.69. The van der Waals surface area contributed by atoms with Crippen LogP contribution in [0.4, 0.5) is 14.6 Å². The zero-order valence-corrected chi connectivity index (χ0v) is 9.23. The lowest BCUT2D eigenvalue weighted by Crippen LogP contribution is -2.09. The Morgan fingerprint density at radius 3 is 2.72 bits per heavy atom. The summed E-state index contributed by atoms with van der Waals surface area (Å²) in [5, 5.41) is 0. The van der Waals surface area contributed by atoms with Gasteiger partial charge in [-0.05, 0) is 12.1 Å². The van der Waals surface area contributed by atoms with Gasteiger partial charge in [0, 0.05) is 6.07 Å². The van der Waals surface area contributed by atoms with Crippen molar-refractivity contribution in [1.29, 1.82) is 0 Å². The molecule has 0 saturated carbocycles. The maximum absolute atomic E-state index is 13.2. The van der Waals surface area contributed by atoms with Gasteiger partial charge >= 0.3 is 0 Å². The van der Waals surface area contributed by atoms with Crippen LogP contribution in [-0.4, -0.2) is 9.97 Å². The Kier molecular flexibility index (Phi) is 3.63. The Bertz CT molecular complexity index is 533. The molecule has 0 atom stereocenters. The van der Waals surface area contributed by atoms with Crippen molar-refractivity contribution in [1.82, 2.24) is 9.97 Å². The summed E-state index contributed by atoms with van der Waals surface area (Å²) < 4.78 is 31.2. The molecule has 0 radical (unpaired) electrons. The van der Waals surface area contributed by atoms with Crippen molar-refractivity contribution < 1.29 is 13.5 Å². The van der Waals surface area contributed by atoms with E-state index in [4.69, 9.17) is 10.6 Å². The van der Waals surface area contributed by atoms with E-state index in [1.807, 2.05) is 0 Å². The van der Waals surface area contributed by atoms with Gasteiger partial charge in [0.2, 0.25) is 0 Å². The number of nitrogens with one attached hydrogen (secondary N) is 1. The normalized spacial score (nSPS) is 10.2. The number of rotatable bonds is 4. The first kappa shape index (κ1) is 12.2. The van der Waals surface area contributed by atoms with Crippen LogP contribution in [0, 0.1) is 11.6 Å². The molecule has 2 rings (SSSR count). The van der Waals surface area contributed by atoms with Crippen molar-refractivity contribution in [3.05, 3.63) is 47.9 Å². The average molecular weight is 252 g/mol. The van der Waals surface area contributed by atoms with Gasteiger partial charge in [-0.25, -0.2) is 19.6 Å². The van der Waals surface area contributed by atoms with E-state index in [0.717, 1.165) is 18.2 Å². The Labute approximate surface area is 102 Å². The summed E-state index contributed by atoms with van der Waals surface area (Å²) in [5.74, 6) is 4.15. The third-order valence-electron chi connectivity index (χ3n) is 2.12. The Hall–Kier alpha value is -2.28. The molecule has 2 aromatic rings. The summed E-state index contributed by atoms with van der Waals surface area (Å²) in [5.41, 5.74) is 2.79. The molecule has 0 aliphatic carbocycles. The molecular weight excluding hydrogens is 242 g/mol. The molecule has 0 saturated heterocycles. The molecule has 1 aromatic heterocycles. The Balaban J connectivity index is 2.04. The minimum atomic E-state index is -0.635. The van der Waals surface area contributed by atoms with Gasteiger partial charge in [0.15, 0.2) is 17.4 Å². The van der Waals surface area contributed by atoms with E-state index in [1.54, 1.807) is 0 Å². The molecular formula is C11H10F2N4O. The predicted octanol–water partition coefficient (Wildman–Crippen LogP) is 1.62. The van der Waals surface area contributed by atoms with E-state index in [2.05, 4.69) is 15.4 Å². The number of halogens is 2. The third-order valence-corrected chi connectivity index (χ3v) is 2.12. The maximum Gasteiger partial charge on any atom is 0.165 e. The molecule has 0 bridgehead atoms. The molecule has 0 amide bonds. The van der Waals surface area contributed by atoms with Crippen molar-refractivity contribution >= 4 is 5.82 Å². The molecule has 7 heteroatoms. The van der Waals surface area contributed by atoms with Gasteiger partial charge < -0.3 is 10.2 Å². The smallest absolute Gasteiger partial charge is 0.165 e. The average Bonchev–Trinajstić information content (AvgIpc) is 2.40. The van der Waals surface area contributed by atoms with Gasteiger partial charge in [0.25, 0.3) is 0 Å². The molecule has 94 valence electrons. The molecule has 3 N–H and O–H groups in total. The summed E-state index contributed by atoms with van der Waals surface area (Å²) >= 11 is 0. The number of hydrazine groups is 1. The van der Waals surface area contributed by atoms with Gasteiger partial charge in [0.1, 0.15) is 12.4 Å². The van der Waals surface area contributed by atoms with E-state index >= 15 is 0 Å². The number of aromatic nitrogens is 2. The molecule has 0 spiro atoms. The second kappa shape index (κ2) is 5.37. The predicted molar refractivity (Wildman–Crippen MR) is 60.5 cm³/mol. The molecule has 0 aliphatic heterocycles. The maximum atomic E-state index is 13.2. The zero-order valence-electron chi connectivity index (χ0n) is 9.23. The summed E-state index contributed by atoms with van der Waals surface area (Å²) in [6.07, 6.45) is 2.83. The van der Waals surface area contributed by atoms with Crippen molar-refractivity contribution in [2.24, 2.45) is 5.84 Å². The Morgan fingerprint density at radius 1 is 1.22 bits per heavy atom. The van der Waals surface area contributed by atoms with Crippen LogP contribution >= 0.6 is 0 Å². The van der Waals surface area contributed by atoms with Gasteiger partial charge in [-0.15, -0.1) is 0 Å². The molecule has 1 aromatic carbocycles. The Morgan fingerprint density at radius 2 is 2.06 bits per heavy atom. The molecule has 1 heterocycles. The van der Waals surface area contributed by atoms with E-state index in [-0.39, 0.29) is 12.4 Å². The van der Waals surface area contributed by atoms with Crippen molar-refractivity contribution in [3.8, 4) is 5.75 Å². The second-order valence-electron chi connectivity index (χ2n) is 3.40. The second-order valence-corrected chi connectivity index (χ2v) is 3.40. The van der Waals surface area contributed by atoms with Crippen LogP contribution in [-0.2, 0) is 6.61 Å². The van der Waals surface area contributed by atoms with Gasteiger partial charge in [-0.1, -0.05) is 0 Å². The number of nitrogens with two attached hydrogens (primary N) is 1. The molecule has 5 nitrogen and oxygen atoms in total. The molecule has 0 fully saturated rings. The van der Waals surface area contributed by atoms with Gasteiger partial charge in [-0.2, -0.15) is 0 Å².